The molecule has 6 heteroatoms. The van der Waals surface area contributed by atoms with E-state index in [1.807, 2.05) is 11.9 Å². The molecule has 2 aliphatic heterocycles. The molecule has 1 aromatic rings. The summed E-state index contributed by atoms with van der Waals surface area (Å²) in [6.07, 6.45) is 2.93. The minimum atomic E-state index is 0.249. The highest BCUT2D eigenvalue weighted by Crippen LogP contribution is 2.27. The number of amides is 1. The number of morpholine rings is 1. The molecule has 0 saturated carbocycles. The minimum Gasteiger partial charge on any atom is -0.379 e. The van der Waals surface area contributed by atoms with Crippen LogP contribution in [-0.2, 0) is 9.53 Å². The fourth-order valence-corrected chi connectivity index (χ4v) is 4.27. The summed E-state index contributed by atoms with van der Waals surface area (Å²) in [7, 11) is 1.94. The third-order valence-corrected chi connectivity index (χ3v) is 5.79. The second-order valence-corrected chi connectivity index (χ2v) is 7.43. The summed E-state index contributed by atoms with van der Waals surface area (Å²) in [4.78, 5) is 18.2. The minimum absolute atomic E-state index is 0.249. The normalized spacial score (nSPS) is 23.8. The van der Waals surface area contributed by atoms with Gasteiger partial charge in [-0.1, -0.05) is 6.07 Å². The number of likely N-dealkylation sites (N-methyl/N-ethyl adjacent to an activating group) is 1. The molecule has 3 heterocycles. The fourth-order valence-electron chi connectivity index (χ4n) is 3.41. The highest BCUT2D eigenvalue weighted by atomic mass is 32.1. The molecule has 1 aromatic heterocycles. The van der Waals surface area contributed by atoms with Crippen molar-refractivity contribution in [3.63, 3.8) is 0 Å². The number of carbonyl (C=O) groups is 1. The summed E-state index contributed by atoms with van der Waals surface area (Å²) >= 11 is 1.78. The van der Waals surface area contributed by atoms with Gasteiger partial charge in [-0.3, -0.25) is 9.69 Å². The van der Waals surface area contributed by atoms with Gasteiger partial charge < -0.3 is 15.0 Å². The van der Waals surface area contributed by atoms with E-state index in [9.17, 15) is 4.79 Å². The lowest BCUT2D eigenvalue weighted by Gasteiger charge is -2.36. The van der Waals surface area contributed by atoms with E-state index in [0.717, 1.165) is 45.8 Å². The molecule has 2 atom stereocenters. The number of hydrogen-bond acceptors (Lipinski definition) is 5. The van der Waals surface area contributed by atoms with Gasteiger partial charge in [0.15, 0.2) is 0 Å². The van der Waals surface area contributed by atoms with Crippen molar-refractivity contribution in [3.8, 4) is 0 Å². The van der Waals surface area contributed by atoms with Crippen molar-refractivity contribution < 1.29 is 9.53 Å². The number of carbonyl (C=O) groups excluding carboxylic acids is 1. The number of hydrogen-bond donors (Lipinski definition) is 1. The SMILES string of the molecule is CN(CC(c1cccs1)N1CCOCC1)C(=O)CC1CCCN1. The third-order valence-electron chi connectivity index (χ3n) is 4.81. The molecule has 5 nitrogen and oxygen atoms in total. The molecule has 2 aliphatic rings. The van der Waals surface area contributed by atoms with Crippen LogP contribution in [0.3, 0.4) is 0 Å². The van der Waals surface area contributed by atoms with Gasteiger partial charge in [0.1, 0.15) is 0 Å². The molecule has 1 amide bonds. The van der Waals surface area contributed by atoms with Gasteiger partial charge in [0, 0.05) is 44.0 Å². The molecule has 2 saturated heterocycles. The van der Waals surface area contributed by atoms with Crippen LogP contribution in [-0.4, -0.2) is 68.2 Å². The molecule has 0 spiro atoms. The lowest BCUT2D eigenvalue weighted by molar-refractivity contribution is -0.131. The average Bonchev–Trinajstić information content (AvgIpc) is 3.26. The molecule has 0 aliphatic carbocycles. The first-order valence-electron chi connectivity index (χ1n) is 8.56. The Morgan fingerprint density at radius 1 is 1.52 bits per heavy atom. The topological polar surface area (TPSA) is 44.8 Å². The molecular formula is C17H27N3O2S. The average molecular weight is 337 g/mol. The Labute approximate surface area is 142 Å². The predicted octanol–water partition coefficient (Wildman–Crippen LogP) is 1.72. The molecule has 1 N–H and O–H groups in total. The lowest BCUT2D eigenvalue weighted by atomic mass is 10.1. The van der Waals surface area contributed by atoms with Crippen molar-refractivity contribution in [2.24, 2.45) is 0 Å². The summed E-state index contributed by atoms with van der Waals surface area (Å²) in [5, 5.41) is 5.53. The van der Waals surface area contributed by atoms with E-state index in [2.05, 4.69) is 27.7 Å². The van der Waals surface area contributed by atoms with Crippen LogP contribution >= 0.6 is 11.3 Å². The van der Waals surface area contributed by atoms with Crippen LogP contribution in [0.4, 0.5) is 0 Å². The molecule has 0 aromatic carbocycles. The monoisotopic (exact) mass is 337 g/mol. The second-order valence-electron chi connectivity index (χ2n) is 6.45. The highest BCUT2D eigenvalue weighted by Gasteiger charge is 2.27. The summed E-state index contributed by atoms with van der Waals surface area (Å²) < 4.78 is 5.48. The van der Waals surface area contributed by atoms with Crippen molar-refractivity contribution in [1.29, 1.82) is 0 Å². The van der Waals surface area contributed by atoms with E-state index >= 15 is 0 Å². The van der Waals surface area contributed by atoms with E-state index in [4.69, 9.17) is 4.74 Å². The fraction of sp³-hybridized carbons (Fsp3) is 0.706. The summed E-state index contributed by atoms with van der Waals surface area (Å²) in [6, 6.07) is 4.93. The molecule has 3 rings (SSSR count). The molecule has 2 fully saturated rings. The van der Waals surface area contributed by atoms with Gasteiger partial charge >= 0.3 is 0 Å². The van der Waals surface area contributed by atoms with Gasteiger partial charge in [-0.05, 0) is 30.8 Å². The van der Waals surface area contributed by atoms with Crippen LogP contribution in [0.25, 0.3) is 0 Å². The van der Waals surface area contributed by atoms with E-state index < -0.39 is 0 Å². The maximum atomic E-state index is 12.5. The number of nitrogens with zero attached hydrogens (tertiary/aromatic N) is 2. The molecular weight excluding hydrogens is 310 g/mol. The standard InChI is InChI=1S/C17H27N3O2S/c1-19(17(21)12-14-4-2-6-18-14)13-15(16-5-3-11-23-16)20-7-9-22-10-8-20/h3,5,11,14-15,18H,2,4,6-10,12-13H2,1H3. The Balaban J connectivity index is 1.61. The summed E-state index contributed by atoms with van der Waals surface area (Å²) in [5.74, 6) is 0.249. The Bertz CT molecular complexity index is 482. The van der Waals surface area contributed by atoms with Crippen molar-refractivity contribution in [2.75, 3.05) is 46.4 Å². The first-order valence-corrected chi connectivity index (χ1v) is 9.44. The number of ether oxygens (including phenoxy) is 1. The highest BCUT2D eigenvalue weighted by molar-refractivity contribution is 7.10. The number of nitrogens with one attached hydrogen (secondary N) is 1. The van der Waals surface area contributed by atoms with Crippen LogP contribution < -0.4 is 5.32 Å². The van der Waals surface area contributed by atoms with Gasteiger partial charge in [0.05, 0.1) is 19.3 Å². The maximum Gasteiger partial charge on any atom is 0.223 e. The molecule has 2 unspecified atom stereocenters. The molecule has 0 bridgehead atoms. The van der Waals surface area contributed by atoms with Crippen LogP contribution in [0, 0.1) is 0 Å². The first-order chi connectivity index (χ1) is 11.2. The second kappa shape index (κ2) is 8.24. The van der Waals surface area contributed by atoms with Crippen LogP contribution in [0.1, 0.15) is 30.2 Å². The number of rotatable bonds is 6. The van der Waals surface area contributed by atoms with Gasteiger partial charge in [0.25, 0.3) is 0 Å². The zero-order chi connectivity index (χ0) is 16.1. The summed E-state index contributed by atoms with van der Waals surface area (Å²) in [6.45, 7) is 5.25. The van der Waals surface area contributed by atoms with Crippen molar-refractivity contribution >= 4 is 17.2 Å². The van der Waals surface area contributed by atoms with Crippen LogP contribution in [0.5, 0.6) is 0 Å². The third kappa shape index (κ3) is 4.53. The number of thiophene rings is 1. The van der Waals surface area contributed by atoms with Gasteiger partial charge in [-0.25, -0.2) is 0 Å². The molecule has 0 radical (unpaired) electrons. The van der Waals surface area contributed by atoms with Crippen LogP contribution in [0.2, 0.25) is 0 Å². The van der Waals surface area contributed by atoms with Crippen LogP contribution in [0.15, 0.2) is 17.5 Å². The first kappa shape index (κ1) is 16.9. The van der Waals surface area contributed by atoms with Crippen molar-refractivity contribution in [1.82, 2.24) is 15.1 Å². The molecule has 23 heavy (non-hydrogen) atoms. The quantitative estimate of drug-likeness (QED) is 0.858. The zero-order valence-electron chi connectivity index (χ0n) is 13.9. The van der Waals surface area contributed by atoms with Crippen molar-refractivity contribution in [3.05, 3.63) is 22.4 Å². The van der Waals surface area contributed by atoms with Crippen molar-refractivity contribution in [2.45, 2.75) is 31.3 Å². The maximum absolute atomic E-state index is 12.5. The summed E-state index contributed by atoms with van der Waals surface area (Å²) in [5.41, 5.74) is 0. The lowest BCUT2D eigenvalue weighted by Crippen LogP contribution is -2.44. The van der Waals surface area contributed by atoms with Gasteiger partial charge in [0.2, 0.25) is 5.91 Å². The smallest absolute Gasteiger partial charge is 0.223 e. The van der Waals surface area contributed by atoms with E-state index in [1.165, 1.54) is 11.3 Å². The van der Waals surface area contributed by atoms with E-state index in [1.54, 1.807) is 11.3 Å². The Morgan fingerprint density at radius 2 is 2.35 bits per heavy atom. The largest absolute Gasteiger partial charge is 0.379 e. The molecule has 128 valence electrons. The Morgan fingerprint density at radius 3 is 3.00 bits per heavy atom. The van der Waals surface area contributed by atoms with Gasteiger partial charge in [-0.15, -0.1) is 11.3 Å². The predicted molar refractivity (Wildman–Crippen MR) is 92.7 cm³/mol. The van der Waals surface area contributed by atoms with Gasteiger partial charge in [-0.2, -0.15) is 0 Å². The van der Waals surface area contributed by atoms with E-state index in [0.29, 0.717) is 12.5 Å². The Hall–Kier alpha value is -0.950. The van der Waals surface area contributed by atoms with E-state index in [-0.39, 0.29) is 11.9 Å². The Kier molecular flexibility index (Phi) is 6.05. The zero-order valence-corrected chi connectivity index (χ0v) is 14.7.